The number of nitrogens with zero attached hydrogens (tertiary/aromatic N) is 2. The number of rotatable bonds is 9. The van der Waals surface area contributed by atoms with Gasteiger partial charge in [0.25, 0.3) is 5.91 Å². The Kier molecular flexibility index (Phi) is 8.59. The van der Waals surface area contributed by atoms with E-state index in [4.69, 9.17) is 10.5 Å². The number of primary amides is 1. The van der Waals surface area contributed by atoms with Crippen LogP contribution in [0, 0.1) is 11.8 Å². The molecule has 0 aliphatic carbocycles. The van der Waals surface area contributed by atoms with Crippen molar-refractivity contribution in [2.24, 2.45) is 5.73 Å². The molecule has 1 aliphatic heterocycles. The van der Waals surface area contributed by atoms with Gasteiger partial charge in [0.05, 0.1) is 12.2 Å². The summed E-state index contributed by atoms with van der Waals surface area (Å²) in [6, 6.07) is 7.30. The minimum Gasteiger partial charge on any atom is -0.381 e. The number of hydrogen-bond donors (Lipinski definition) is 4. The Bertz CT molecular complexity index is 1210. The second-order valence-corrected chi connectivity index (χ2v) is 9.22. The monoisotopic (exact) mass is 484 g/mol. The maximum Gasteiger partial charge on any atom is 0.271 e. The lowest BCUT2D eigenvalue weighted by atomic mass is 10.1. The molecule has 0 saturated carbocycles. The van der Waals surface area contributed by atoms with Crippen LogP contribution in [-0.2, 0) is 21.2 Å². The molecule has 5 N–H and O–H groups in total. The molecule has 1 amide bonds. The topological polar surface area (TPSA) is 148 Å². The second-order valence-electron chi connectivity index (χ2n) is 7.51. The highest BCUT2D eigenvalue weighted by Crippen LogP contribution is 2.24. The zero-order chi connectivity index (χ0) is 24.6. The molecule has 1 saturated heterocycles. The average molecular weight is 485 g/mol. The van der Waals surface area contributed by atoms with E-state index in [9.17, 15) is 13.2 Å². The molecular weight excluding hydrogens is 456 g/mol. The number of nitrogens with one attached hydrogen (secondary N) is 3. The van der Waals surface area contributed by atoms with E-state index in [0.717, 1.165) is 18.2 Å². The van der Waals surface area contributed by atoms with Gasteiger partial charge in [0, 0.05) is 35.9 Å². The van der Waals surface area contributed by atoms with E-state index in [1.54, 1.807) is 24.3 Å². The molecule has 2 heterocycles. The lowest BCUT2D eigenvalue weighted by Crippen LogP contribution is -2.29. The smallest absolute Gasteiger partial charge is 0.271 e. The van der Waals surface area contributed by atoms with Crippen molar-refractivity contribution in [3.8, 4) is 11.8 Å². The summed E-state index contributed by atoms with van der Waals surface area (Å²) in [5.74, 6) is 5.79. The van der Waals surface area contributed by atoms with Crippen LogP contribution in [0.3, 0.4) is 0 Å². The fraction of sp³-hybridized carbons (Fsp3) is 0.348. The number of carbonyl (C=O) groups excluding carboxylic acids is 1. The molecule has 2 aromatic rings. The summed E-state index contributed by atoms with van der Waals surface area (Å²) in [6.45, 7) is 6.48. The number of aryl methyl sites for hydroxylation is 1. The Morgan fingerprint density at radius 2 is 2.06 bits per heavy atom. The summed E-state index contributed by atoms with van der Waals surface area (Å²) < 4.78 is 30.5. The van der Waals surface area contributed by atoms with Crippen molar-refractivity contribution in [3.05, 3.63) is 53.2 Å². The lowest BCUT2D eigenvalue weighted by molar-refractivity contribution is 0.0903. The van der Waals surface area contributed by atoms with Crippen LogP contribution in [0.4, 0.5) is 17.3 Å². The summed E-state index contributed by atoms with van der Waals surface area (Å²) >= 11 is 0. The van der Waals surface area contributed by atoms with Crippen LogP contribution >= 0.6 is 0 Å². The molecule has 3 rings (SSSR count). The van der Waals surface area contributed by atoms with Crippen LogP contribution < -0.4 is 21.1 Å². The van der Waals surface area contributed by atoms with Gasteiger partial charge in [0.2, 0.25) is 10.0 Å². The first-order valence-corrected chi connectivity index (χ1v) is 12.4. The van der Waals surface area contributed by atoms with Crippen molar-refractivity contribution in [3.63, 3.8) is 0 Å². The Morgan fingerprint density at radius 1 is 1.29 bits per heavy atom. The van der Waals surface area contributed by atoms with Gasteiger partial charge < -0.3 is 21.1 Å². The van der Waals surface area contributed by atoms with E-state index < -0.39 is 15.9 Å². The first-order valence-electron chi connectivity index (χ1n) is 10.8. The highest BCUT2D eigenvalue weighted by molar-refractivity contribution is 7.92. The van der Waals surface area contributed by atoms with Gasteiger partial charge >= 0.3 is 0 Å². The number of aromatic nitrogens is 2. The number of carbonyl (C=O) groups is 1. The largest absolute Gasteiger partial charge is 0.381 e. The predicted molar refractivity (Wildman–Crippen MR) is 131 cm³/mol. The minimum atomic E-state index is -3.53. The first kappa shape index (κ1) is 25.2. The maximum atomic E-state index is 12.1. The van der Waals surface area contributed by atoms with Crippen LogP contribution in [0.25, 0.3) is 0 Å². The van der Waals surface area contributed by atoms with Gasteiger partial charge in [-0.15, -0.1) is 0 Å². The molecule has 1 aromatic heterocycles. The number of anilines is 3. The highest BCUT2D eigenvalue weighted by Gasteiger charge is 2.20. The molecule has 1 fully saturated rings. The number of hydrogen-bond acceptors (Lipinski definition) is 8. The summed E-state index contributed by atoms with van der Waals surface area (Å²) in [6.07, 6.45) is 2.30. The van der Waals surface area contributed by atoms with Crippen LogP contribution in [0.15, 0.2) is 36.3 Å². The molecule has 10 nitrogen and oxygen atoms in total. The van der Waals surface area contributed by atoms with Gasteiger partial charge in [-0.2, -0.15) is 4.72 Å². The van der Waals surface area contributed by atoms with Gasteiger partial charge in [-0.05, 0) is 37.5 Å². The third-order valence-corrected chi connectivity index (χ3v) is 6.02. The van der Waals surface area contributed by atoms with Crippen molar-refractivity contribution in [1.29, 1.82) is 0 Å². The minimum absolute atomic E-state index is 0.0460. The molecule has 1 aliphatic rings. The Hall–Kier alpha value is -3.46. The van der Waals surface area contributed by atoms with E-state index in [0.29, 0.717) is 42.4 Å². The summed E-state index contributed by atoms with van der Waals surface area (Å²) in [5, 5.41) is 7.36. The van der Waals surface area contributed by atoms with Crippen LogP contribution in [0.1, 0.15) is 41.5 Å². The third kappa shape index (κ3) is 7.02. The lowest BCUT2D eigenvalue weighted by Gasteiger charge is -2.25. The van der Waals surface area contributed by atoms with E-state index in [1.807, 2.05) is 6.92 Å². The van der Waals surface area contributed by atoms with Gasteiger partial charge in [0.15, 0.2) is 17.3 Å². The van der Waals surface area contributed by atoms with Crippen molar-refractivity contribution < 1.29 is 17.9 Å². The number of benzene rings is 1. The number of sulfonamides is 1. The summed E-state index contributed by atoms with van der Waals surface area (Å²) in [5.41, 5.74) is 7.55. The Labute approximate surface area is 199 Å². The fourth-order valence-electron chi connectivity index (χ4n) is 3.28. The standard InChI is InChI=1S/C23H28N6O4S/c1-3-19-22(26-17-10-13-33-14-11-17)29-23(20(28-19)21(24)30)27-18-9-5-7-16(15-18)8-6-12-25-34(31,32)4-2/h4-5,7,9,15,17,25H,2-3,10-14H2,1H3,(H2,24,30)(H2,26,27,29). The fourth-order valence-corrected chi connectivity index (χ4v) is 3.67. The van der Waals surface area contributed by atoms with E-state index in [1.165, 1.54) is 0 Å². The molecule has 0 radical (unpaired) electrons. The van der Waals surface area contributed by atoms with Crippen molar-refractivity contribution in [1.82, 2.24) is 14.7 Å². The molecule has 0 spiro atoms. The molecule has 34 heavy (non-hydrogen) atoms. The van der Waals surface area contributed by atoms with Crippen molar-refractivity contribution in [2.75, 3.05) is 30.4 Å². The van der Waals surface area contributed by atoms with Gasteiger partial charge in [-0.1, -0.05) is 31.4 Å². The molecule has 0 atom stereocenters. The molecule has 180 valence electrons. The summed E-state index contributed by atoms with van der Waals surface area (Å²) in [4.78, 5) is 21.2. The Balaban J connectivity index is 1.83. The predicted octanol–water partition coefficient (Wildman–Crippen LogP) is 1.89. The molecule has 0 bridgehead atoms. The number of nitrogens with two attached hydrogens (primary N) is 1. The molecular formula is C23H28N6O4S. The van der Waals surface area contributed by atoms with Crippen molar-refractivity contribution >= 4 is 33.3 Å². The molecule has 0 unspecified atom stereocenters. The van der Waals surface area contributed by atoms with Gasteiger partial charge in [0.1, 0.15) is 0 Å². The number of ether oxygens (including phenoxy) is 1. The van der Waals surface area contributed by atoms with Crippen molar-refractivity contribution in [2.45, 2.75) is 32.2 Å². The van der Waals surface area contributed by atoms with E-state index >= 15 is 0 Å². The highest BCUT2D eigenvalue weighted by atomic mass is 32.2. The SMILES string of the molecule is C=CS(=O)(=O)NCC#Cc1cccc(Nc2nc(NC3CCOCC3)c(CC)nc2C(N)=O)c1. The molecule has 11 heteroatoms. The average Bonchev–Trinajstić information content (AvgIpc) is 2.83. The number of amides is 1. The second kappa shape index (κ2) is 11.6. The van der Waals surface area contributed by atoms with Crippen LogP contribution in [0.5, 0.6) is 0 Å². The van der Waals surface area contributed by atoms with Crippen LogP contribution in [0.2, 0.25) is 0 Å². The summed E-state index contributed by atoms with van der Waals surface area (Å²) in [7, 11) is -3.53. The quantitative estimate of drug-likeness (QED) is 0.394. The van der Waals surface area contributed by atoms with Crippen LogP contribution in [-0.4, -0.2) is 50.1 Å². The maximum absolute atomic E-state index is 12.1. The van der Waals surface area contributed by atoms with Gasteiger partial charge in [-0.25, -0.2) is 18.4 Å². The first-order chi connectivity index (χ1) is 16.3. The van der Waals surface area contributed by atoms with E-state index in [2.05, 4.69) is 43.7 Å². The zero-order valence-electron chi connectivity index (χ0n) is 18.9. The third-order valence-electron chi connectivity index (χ3n) is 5.04. The van der Waals surface area contributed by atoms with Gasteiger partial charge in [-0.3, -0.25) is 4.79 Å². The normalized spacial score (nSPS) is 14.0. The van der Waals surface area contributed by atoms with E-state index in [-0.39, 0.29) is 24.1 Å². The Morgan fingerprint density at radius 3 is 2.74 bits per heavy atom. The molecule has 1 aromatic carbocycles. The zero-order valence-corrected chi connectivity index (χ0v) is 19.7.